The molecule has 1 amide bonds. The molecule has 0 aliphatic carbocycles. The summed E-state index contributed by atoms with van der Waals surface area (Å²) in [7, 11) is 0. The number of hydrogen-bond donors (Lipinski definition) is 1. The number of rotatable bonds is 5. The van der Waals surface area contributed by atoms with Crippen LogP contribution in [0.2, 0.25) is 0 Å². The Morgan fingerprint density at radius 2 is 2.00 bits per heavy atom. The summed E-state index contributed by atoms with van der Waals surface area (Å²) in [5.74, 6) is -0.951. The number of piperidine rings is 1. The summed E-state index contributed by atoms with van der Waals surface area (Å²) >= 11 is 0. The van der Waals surface area contributed by atoms with Crippen molar-refractivity contribution in [3.63, 3.8) is 0 Å². The van der Waals surface area contributed by atoms with Gasteiger partial charge in [0, 0.05) is 19.2 Å². The molecule has 3 heterocycles. The fourth-order valence-electron chi connectivity index (χ4n) is 4.48. The number of aryl methyl sites for hydroxylation is 1. The Morgan fingerprint density at radius 1 is 1.21 bits per heavy atom. The van der Waals surface area contributed by atoms with Gasteiger partial charge < -0.3 is 14.6 Å². The third-order valence-electron chi connectivity index (χ3n) is 6.33. The Labute approximate surface area is 194 Å². The number of carbonyl (C=O) groups excluding carboxylic acids is 1. The van der Waals surface area contributed by atoms with Crippen LogP contribution in [0.1, 0.15) is 35.7 Å². The fourth-order valence-corrected chi connectivity index (χ4v) is 4.48. The second-order valence-electron chi connectivity index (χ2n) is 8.63. The minimum atomic E-state index is -0.460. The number of likely N-dealkylation sites (tertiary alicyclic amines) is 1. The first-order valence-corrected chi connectivity index (χ1v) is 11.2. The number of anilines is 1. The van der Waals surface area contributed by atoms with Gasteiger partial charge in [0.1, 0.15) is 17.2 Å². The van der Waals surface area contributed by atoms with Crippen molar-refractivity contribution in [3.8, 4) is 5.69 Å². The average molecular weight is 466 g/mol. The fraction of sp³-hybridized carbons (Fsp3) is 0.333. The molecule has 1 aliphatic heterocycles. The second kappa shape index (κ2) is 8.85. The number of nitrogens with zero attached hydrogens (tertiary/aromatic N) is 5. The molecule has 2 aromatic carbocycles. The molecule has 1 N–H and O–H groups in total. The first-order valence-electron chi connectivity index (χ1n) is 11.2. The molecule has 0 radical (unpaired) electrons. The first kappa shape index (κ1) is 22.0. The van der Waals surface area contributed by atoms with Crippen LogP contribution >= 0.6 is 0 Å². The zero-order chi connectivity index (χ0) is 23.8. The van der Waals surface area contributed by atoms with Crippen LogP contribution in [0.3, 0.4) is 0 Å². The van der Waals surface area contributed by atoms with Gasteiger partial charge in [-0.2, -0.15) is 20.0 Å². The van der Waals surface area contributed by atoms with Gasteiger partial charge in [-0.25, -0.2) is 8.78 Å². The molecule has 176 valence electrons. The van der Waals surface area contributed by atoms with Crippen molar-refractivity contribution in [2.75, 3.05) is 18.4 Å². The smallest absolute Gasteiger partial charge is 0.295 e. The van der Waals surface area contributed by atoms with Gasteiger partial charge in [0.15, 0.2) is 5.58 Å². The number of fused-ring (bicyclic) bond motifs is 1. The first-order chi connectivity index (χ1) is 16.4. The van der Waals surface area contributed by atoms with Gasteiger partial charge in [-0.15, -0.1) is 0 Å². The maximum absolute atomic E-state index is 14.5. The van der Waals surface area contributed by atoms with Gasteiger partial charge in [-0.1, -0.05) is 6.92 Å². The number of aromatic nitrogens is 4. The van der Waals surface area contributed by atoms with Crippen LogP contribution < -0.4 is 5.32 Å². The van der Waals surface area contributed by atoms with Gasteiger partial charge in [-0.3, -0.25) is 4.79 Å². The summed E-state index contributed by atoms with van der Waals surface area (Å²) in [6.07, 6.45) is 4.81. The molecule has 1 fully saturated rings. The minimum absolute atomic E-state index is 0.184. The van der Waals surface area contributed by atoms with Crippen LogP contribution in [-0.4, -0.2) is 49.9 Å². The van der Waals surface area contributed by atoms with Crippen molar-refractivity contribution in [2.24, 2.45) is 5.92 Å². The molecular weight excluding hydrogens is 442 g/mol. The summed E-state index contributed by atoms with van der Waals surface area (Å²) in [4.78, 5) is 21.1. The molecule has 34 heavy (non-hydrogen) atoms. The molecule has 4 aromatic rings. The van der Waals surface area contributed by atoms with E-state index in [1.807, 2.05) is 0 Å². The minimum Gasteiger partial charge on any atom is -0.424 e. The monoisotopic (exact) mass is 466 g/mol. The molecule has 1 aliphatic rings. The zero-order valence-electron chi connectivity index (χ0n) is 18.8. The lowest BCUT2D eigenvalue weighted by Crippen LogP contribution is -2.51. The quantitative estimate of drug-likeness (QED) is 0.471. The van der Waals surface area contributed by atoms with Crippen LogP contribution in [0.4, 0.5) is 14.8 Å². The summed E-state index contributed by atoms with van der Waals surface area (Å²) in [6.45, 7) is 4.64. The van der Waals surface area contributed by atoms with Gasteiger partial charge in [-0.05, 0) is 55.5 Å². The standard InChI is InChI=1S/C24H24F2N6O2/c1-14-4-3-9-31(21(14)13-27-24-30-19-11-16(25)5-6-22(19)34-24)23(33)17-12-18(26)15(2)10-20(17)32-28-7-8-29-32/h5-8,10-12,14,21H,3-4,9,13H2,1-2H3,(H,27,30). The molecule has 2 atom stereocenters. The van der Waals surface area contributed by atoms with E-state index in [1.54, 1.807) is 17.9 Å². The number of hydrogen-bond acceptors (Lipinski definition) is 6. The Hall–Kier alpha value is -3.82. The van der Waals surface area contributed by atoms with Crippen molar-refractivity contribution < 1.29 is 18.0 Å². The molecule has 5 rings (SSSR count). The van der Waals surface area contributed by atoms with E-state index in [4.69, 9.17) is 4.42 Å². The maximum Gasteiger partial charge on any atom is 0.295 e. The van der Waals surface area contributed by atoms with E-state index in [0.29, 0.717) is 35.4 Å². The predicted molar refractivity (Wildman–Crippen MR) is 122 cm³/mol. The molecule has 0 saturated carbocycles. The molecule has 2 aromatic heterocycles. The topological polar surface area (TPSA) is 89.1 Å². The van der Waals surface area contributed by atoms with Crippen molar-refractivity contribution in [1.29, 1.82) is 0 Å². The third kappa shape index (κ3) is 4.11. The molecule has 1 saturated heterocycles. The zero-order valence-corrected chi connectivity index (χ0v) is 18.8. The summed E-state index contributed by atoms with van der Waals surface area (Å²) in [5.41, 5.74) is 1.93. The highest BCUT2D eigenvalue weighted by atomic mass is 19.1. The largest absolute Gasteiger partial charge is 0.424 e. The highest BCUT2D eigenvalue weighted by molar-refractivity contribution is 5.98. The lowest BCUT2D eigenvalue weighted by Gasteiger charge is -2.40. The maximum atomic E-state index is 14.5. The second-order valence-corrected chi connectivity index (χ2v) is 8.63. The molecule has 0 spiro atoms. The van der Waals surface area contributed by atoms with Crippen molar-refractivity contribution >= 4 is 23.0 Å². The Balaban J connectivity index is 1.42. The Bertz CT molecular complexity index is 1340. The number of oxazole rings is 1. The van der Waals surface area contributed by atoms with Crippen LogP contribution in [-0.2, 0) is 0 Å². The van der Waals surface area contributed by atoms with Gasteiger partial charge in [0.25, 0.3) is 11.9 Å². The molecule has 8 nitrogen and oxygen atoms in total. The summed E-state index contributed by atoms with van der Waals surface area (Å²) < 4.78 is 33.7. The van der Waals surface area contributed by atoms with Crippen LogP contribution in [0.25, 0.3) is 16.8 Å². The number of carbonyl (C=O) groups is 1. The van der Waals surface area contributed by atoms with Crippen LogP contribution in [0.5, 0.6) is 0 Å². The van der Waals surface area contributed by atoms with Crippen LogP contribution in [0.15, 0.2) is 47.1 Å². The summed E-state index contributed by atoms with van der Waals surface area (Å²) in [5, 5.41) is 11.4. The van der Waals surface area contributed by atoms with Crippen molar-refractivity contribution in [1.82, 2.24) is 24.9 Å². The highest BCUT2D eigenvalue weighted by Crippen LogP contribution is 2.28. The highest BCUT2D eigenvalue weighted by Gasteiger charge is 2.34. The Morgan fingerprint density at radius 3 is 2.79 bits per heavy atom. The SMILES string of the molecule is Cc1cc(-n2nccn2)c(C(=O)N2CCCC(C)C2CNc2nc3cc(F)ccc3o2)cc1F. The van der Waals surface area contributed by atoms with E-state index in [1.165, 1.54) is 41.5 Å². The Kier molecular flexibility index (Phi) is 5.72. The van der Waals surface area contributed by atoms with Crippen LogP contribution in [0, 0.1) is 24.5 Å². The number of nitrogens with one attached hydrogen (secondary N) is 1. The van der Waals surface area contributed by atoms with E-state index in [2.05, 4.69) is 27.4 Å². The van der Waals surface area contributed by atoms with Crippen molar-refractivity contribution in [3.05, 3.63) is 65.5 Å². The molecular formula is C24H24F2N6O2. The van der Waals surface area contributed by atoms with Crippen molar-refractivity contribution in [2.45, 2.75) is 32.7 Å². The predicted octanol–water partition coefficient (Wildman–Crippen LogP) is 4.35. The third-order valence-corrected chi connectivity index (χ3v) is 6.33. The van der Waals surface area contributed by atoms with E-state index >= 15 is 0 Å². The lowest BCUT2D eigenvalue weighted by atomic mass is 9.90. The van der Waals surface area contributed by atoms with Gasteiger partial charge in [0.2, 0.25) is 0 Å². The number of halogens is 2. The van der Waals surface area contributed by atoms with E-state index in [9.17, 15) is 13.6 Å². The van der Waals surface area contributed by atoms with Gasteiger partial charge in [0.05, 0.1) is 29.7 Å². The van der Waals surface area contributed by atoms with E-state index in [-0.39, 0.29) is 29.4 Å². The van der Waals surface area contributed by atoms with Gasteiger partial charge >= 0.3 is 0 Å². The molecule has 2 unspecified atom stereocenters. The normalized spacial score (nSPS) is 18.4. The van der Waals surface area contributed by atoms with E-state index < -0.39 is 11.6 Å². The average Bonchev–Trinajstić information content (AvgIpc) is 3.49. The number of benzene rings is 2. The molecule has 0 bridgehead atoms. The molecule has 10 heteroatoms. The summed E-state index contributed by atoms with van der Waals surface area (Å²) in [6, 6.07) is 7.06. The van der Waals surface area contributed by atoms with E-state index in [0.717, 1.165) is 12.8 Å². The lowest BCUT2D eigenvalue weighted by molar-refractivity contribution is 0.0538. The number of amides is 1.